The van der Waals surface area contributed by atoms with Crippen molar-refractivity contribution in [2.24, 2.45) is 5.73 Å². The molecule has 1 aromatic carbocycles. The first-order valence-corrected chi connectivity index (χ1v) is 12.6. The van der Waals surface area contributed by atoms with Gasteiger partial charge in [-0.15, -0.1) is 0 Å². The van der Waals surface area contributed by atoms with Gasteiger partial charge in [0.25, 0.3) is 0 Å². The highest BCUT2D eigenvalue weighted by molar-refractivity contribution is 7.98. The monoisotopic (exact) mass is 520 g/mol. The van der Waals surface area contributed by atoms with Crippen LogP contribution < -0.4 is 21.7 Å². The fourth-order valence-electron chi connectivity index (χ4n) is 3.30. The van der Waals surface area contributed by atoms with Crippen LogP contribution in [0.1, 0.15) is 17.7 Å². The molecule has 1 aromatic heterocycles. The third-order valence-electron chi connectivity index (χ3n) is 5.29. The third-order valence-corrected chi connectivity index (χ3v) is 5.93. The summed E-state index contributed by atoms with van der Waals surface area (Å²) in [5.74, 6) is -2.85. The van der Waals surface area contributed by atoms with Gasteiger partial charge in [0.05, 0.1) is 19.0 Å². The number of H-pyrrole nitrogens is 1. The zero-order valence-electron chi connectivity index (χ0n) is 19.8. The molecule has 2 aromatic rings. The molecule has 0 spiro atoms. The minimum Gasteiger partial charge on any atom is -0.480 e. The highest BCUT2D eigenvalue weighted by Crippen LogP contribution is 2.07. The van der Waals surface area contributed by atoms with Crippen LogP contribution in [0.3, 0.4) is 0 Å². The number of carbonyl (C=O) groups is 4. The Bertz CT molecular complexity index is 990. The SMILES string of the molecule is CSCCC(NC(=O)C(Cc1ccccc1)NC(=O)C(CO)NC(=O)C(N)Cc1cnc[nH]1)C(=O)O. The lowest BCUT2D eigenvalue weighted by atomic mass is 10.0. The summed E-state index contributed by atoms with van der Waals surface area (Å²) in [5, 5.41) is 26.6. The number of aliphatic carboxylic acids is 1. The maximum absolute atomic E-state index is 13.0. The van der Waals surface area contributed by atoms with Crippen molar-refractivity contribution < 1.29 is 29.4 Å². The highest BCUT2D eigenvalue weighted by atomic mass is 32.2. The number of nitrogens with two attached hydrogens (primary N) is 1. The minimum atomic E-state index is -1.37. The molecule has 3 amide bonds. The molecule has 36 heavy (non-hydrogen) atoms. The Hall–Kier alpha value is -3.42. The molecule has 0 saturated carbocycles. The molecule has 0 saturated heterocycles. The molecule has 13 heteroatoms. The van der Waals surface area contributed by atoms with E-state index in [2.05, 4.69) is 25.9 Å². The van der Waals surface area contributed by atoms with E-state index in [0.29, 0.717) is 11.4 Å². The first-order valence-electron chi connectivity index (χ1n) is 11.3. The summed E-state index contributed by atoms with van der Waals surface area (Å²) >= 11 is 1.44. The summed E-state index contributed by atoms with van der Waals surface area (Å²) in [5.41, 5.74) is 7.24. The molecule has 12 nitrogen and oxygen atoms in total. The number of hydrogen-bond acceptors (Lipinski definition) is 8. The van der Waals surface area contributed by atoms with Crippen LogP contribution in [-0.2, 0) is 32.0 Å². The topological polar surface area (TPSA) is 200 Å². The number of hydrogen-bond donors (Lipinski definition) is 7. The van der Waals surface area contributed by atoms with Gasteiger partial charge in [0.1, 0.15) is 18.1 Å². The molecule has 0 aliphatic heterocycles. The first-order chi connectivity index (χ1) is 17.2. The van der Waals surface area contributed by atoms with Crippen molar-refractivity contribution in [3.8, 4) is 0 Å². The maximum atomic E-state index is 13.0. The van der Waals surface area contributed by atoms with Crippen molar-refractivity contribution in [3.05, 3.63) is 54.1 Å². The number of carboxylic acids is 1. The molecule has 0 aliphatic carbocycles. The molecule has 2 rings (SSSR count). The van der Waals surface area contributed by atoms with Crippen molar-refractivity contribution in [2.75, 3.05) is 18.6 Å². The zero-order chi connectivity index (χ0) is 26.5. The molecular formula is C23H32N6O6S. The van der Waals surface area contributed by atoms with Gasteiger partial charge in [0, 0.05) is 24.7 Å². The molecule has 0 aliphatic rings. The van der Waals surface area contributed by atoms with Crippen LogP contribution in [0.15, 0.2) is 42.9 Å². The van der Waals surface area contributed by atoms with Crippen LogP contribution in [0.4, 0.5) is 0 Å². The molecule has 0 radical (unpaired) electrons. The molecular weight excluding hydrogens is 488 g/mol. The molecule has 196 valence electrons. The Labute approximate surface area is 212 Å². The van der Waals surface area contributed by atoms with Gasteiger partial charge in [-0.3, -0.25) is 14.4 Å². The normalized spacial score (nSPS) is 14.2. The molecule has 0 bridgehead atoms. The highest BCUT2D eigenvalue weighted by Gasteiger charge is 2.30. The van der Waals surface area contributed by atoms with Crippen LogP contribution in [-0.4, -0.2) is 86.7 Å². The lowest BCUT2D eigenvalue weighted by Gasteiger charge is -2.24. The number of thioether (sulfide) groups is 1. The lowest BCUT2D eigenvalue weighted by molar-refractivity contribution is -0.142. The van der Waals surface area contributed by atoms with Crippen LogP contribution in [0.2, 0.25) is 0 Å². The van der Waals surface area contributed by atoms with Crippen molar-refractivity contribution in [1.29, 1.82) is 0 Å². The van der Waals surface area contributed by atoms with Gasteiger partial charge in [-0.05, 0) is 24.0 Å². The molecule has 8 N–H and O–H groups in total. The summed E-state index contributed by atoms with van der Waals surface area (Å²) in [7, 11) is 0. The van der Waals surface area contributed by atoms with Crippen molar-refractivity contribution in [1.82, 2.24) is 25.9 Å². The van der Waals surface area contributed by atoms with E-state index in [-0.39, 0.29) is 19.3 Å². The van der Waals surface area contributed by atoms with Gasteiger partial charge in [-0.1, -0.05) is 30.3 Å². The number of aromatic amines is 1. The Morgan fingerprint density at radius 1 is 1.00 bits per heavy atom. The second-order valence-corrected chi connectivity index (χ2v) is 9.05. The summed E-state index contributed by atoms with van der Waals surface area (Å²) in [4.78, 5) is 56.6. The van der Waals surface area contributed by atoms with E-state index < -0.39 is 54.5 Å². The number of benzene rings is 1. The third kappa shape index (κ3) is 9.32. The molecule has 1 heterocycles. The fourth-order valence-corrected chi connectivity index (χ4v) is 3.77. The number of amides is 3. The standard InChI is InChI=1S/C23H32N6O6S/c1-36-8-7-17(23(34)35)27-21(32)18(9-14-5-3-2-4-6-14)28-22(33)19(12-30)29-20(31)16(24)10-15-11-25-13-26-15/h2-6,11,13,16-19,30H,7-10,12,24H2,1H3,(H,25,26)(H,27,32)(H,28,33)(H,29,31)(H,34,35). The van der Waals surface area contributed by atoms with Gasteiger partial charge in [-0.25, -0.2) is 9.78 Å². The van der Waals surface area contributed by atoms with E-state index in [1.165, 1.54) is 24.3 Å². The lowest BCUT2D eigenvalue weighted by Crippen LogP contribution is -2.58. The van der Waals surface area contributed by atoms with Crippen molar-refractivity contribution >= 4 is 35.5 Å². The Balaban J connectivity index is 2.10. The second-order valence-electron chi connectivity index (χ2n) is 8.06. The number of aliphatic hydroxyl groups is 1. The number of carbonyl (C=O) groups excluding carboxylic acids is 3. The zero-order valence-corrected chi connectivity index (χ0v) is 20.7. The van der Waals surface area contributed by atoms with Gasteiger partial charge in [-0.2, -0.15) is 11.8 Å². The van der Waals surface area contributed by atoms with Crippen LogP contribution in [0.5, 0.6) is 0 Å². The molecule has 0 fully saturated rings. The fraction of sp³-hybridized carbons (Fsp3) is 0.435. The number of rotatable bonds is 15. The number of aliphatic hydroxyl groups excluding tert-OH is 1. The summed E-state index contributed by atoms with van der Waals surface area (Å²) in [6.45, 7) is -0.737. The summed E-state index contributed by atoms with van der Waals surface area (Å²) in [6, 6.07) is 4.18. The largest absolute Gasteiger partial charge is 0.480 e. The van der Waals surface area contributed by atoms with Gasteiger partial charge >= 0.3 is 5.97 Å². The van der Waals surface area contributed by atoms with E-state index in [4.69, 9.17) is 5.73 Å². The first kappa shape index (κ1) is 28.8. The molecule has 4 atom stereocenters. The Kier molecular flexibility index (Phi) is 11.9. The van der Waals surface area contributed by atoms with Crippen LogP contribution in [0.25, 0.3) is 0 Å². The number of nitrogens with zero attached hydrogens (tertiary/aromatic N) is 1. The van der Waals surface area contributed by atoms with Gasteiger partial charge in [0.15, 0.2) is 0 Å². The van der Waals surface area contributed by atoms with Gasteiger partial charge < -0.3 is 36.9 Å². The number of carboxylic acid groups (broad SMARTS) is 1. The number of imidazole rings is 1. The summed E-state index contributed by atoms with van der Waals surface area (Å²) < 4.78 is 0. The Morgan fingerprint density at radius 3 is 2.22 bits per heavy atom. The van der Waals surface area contributed by atoms with Gasteiger partial charge in [0.2, 0.25) is 17.7 Å². The van der Waals surface area contributed by atoms with Crippen LogP contribution in [0, 0.1) is 0 Å². The van der Waals surface area contributed by atoms with E-state index >= 15 is 0 Å². The van der Waals surface area contributed by atoms with E-state index in [1.807, 2.05) is 6.26 Å². The molecule has 4 unspecified atom stereocenters. The van der Waals surface area contributed by atoms with E-state index in [9.17, 15) is 29.4 Å². The predicted octanol–water partition coefficient (Wildman–Crippen LogP) is -1.19. The quantitative estimate of drug-likeness (QED) is 0.151. The summed E-state index contributed by atoms with van der Waals surface area (Å²) in [6.07, 6.45) is 5.19. The second kappa shape index (κ2) is 14.9. The van der Waals surface area contributed by atoms with Crippen molar-refractivity contribution in [3.63, 3.8) is 0 Å². The van der Waals surface area contributed by atoms with E-state index in [1.54, 1.807) is 30.3 Å². The average Bonchev–Trinajstić information content (AvgIpc) is 3.37. The maximum Gasteiger partial charge on any atom is 0.326 e. The number of aromatic nitrogens is 2. The predicted molar refractivity (Wildman–Crippen MR) is 134 cm³/mol. The Morgan fingerprint density at radius 2 is 1.64 bits per heavy atom. The van der Waals surface area contributed by atoms with E-state index in [0.717, 1.165) is 5.56 Å². The van der Waals surface area contributed by atoms with Crippen molar-refractivity contribution in [2.45, 2.75) is 43.4 Å². The minimum absolute atomic E-state index is 0.0682. The average molecular weight is 521 g/mol. The smallest absolute Gasteiger partial charge is 0.326 e. The van der Waals surface area contributed by atoms with Crippen LogP contribution >= 0.6 is 11.8 Å². The number of nitrogens with one attached hydrogen (secondary N) is 4.